The van der Waals surface area contributed by atoms with Crippen molar-refractivity contribution in [1.82, 2.24) is 9.97 Å². The molecule has 0 saturated carbocycles. The summed E-state index contributed by atoms with van der Waals surface area (Å²) in [7, 11) is 0. The second kappa shape index (κ2) is 20.3. The summed E-state index contributed by atoms with van der Waals surface area (Å²) < 4.78 is 0. The molecule has 0 saturated heterocycles. The van der Waals surface area contributed by atoms with Crippen LogP contribution >= 0.6 is 0 Å². The van der Waals surface area contributed by atoms with Crippen LogP contribution in [0, 0.1) is 6.92 Å². The van der Waals surface area contributed by atoms with Crippen LogP contribution in [0.4, 0.5) is 28.4 Å². The number of aliphatic imine (C=N–C) groups is 1. The molecule has 0 aliphatic carbocycles. The van der Waals surface area contributed by atoms with Crippen LogP contribution in [-0.2, 0) is 20.4 Å². The Morgan fingerprint density at radius 2 is 1.07 bits per heavy atom. The van der Waals surface area contributed by atoms with Gasteiger partial charge in [-0.15, -0.1) is 0 Å². The Hall–Kier alpha value is -5.61. The fraction of sp³-hybridized carbons (Fsp3) is 0.475. The molecule has 0 fully saturated rings. The molecule has 0 atom stereocenters. The fourth-order valence-corrected chi connectivity index (χ4v) is 5.50. The molecule has 3 rings (SSSR count). The maximum absolute atomic E-state index is 13.9. The first-order chi connectivity index (χ1) is 26.3. The van der Waals surface area contributed by atoms with E-state index in [4.69, 9.17) is 22.9 Å². The number of hydrogen-bond donors (Lipinski definition) is 9. The summed E-state index contributed by atoms with van der Waals surface area (Å²) in [6, 6.07) is 8.76. The van der Waals surface area contributed by atoms with Crippen LogP contribution in [0.1, 0.15) is 118 Å². The lowest BCUT2D eigenvalue weighted by Gasteiger charge is -2.25. The van der Waals surface area contributed by atoms with Gasteiger partial charge in [0.2, 0.25) is 11.8 Å². The maximum atomic E-state index is 13.9. The number of unbranched alkanes of at least 4 members (excludes halogenated alkanes) is 2. The third-order valence-electron chi connectivity index (χ3n) is 8.88. The number of benzene rings is 2. The lowest BCUT2D eigenvalue weighted by atomic mass is 9.85. The average Bonchev–Trinajstić information content (AvgIpc) is 3.11. The Morgan fingerprint density at radius 1 is 0.643 bits per heavy atom. The van der Waals surface area contributed by atoms with Crippen molar-refractivity contribution in [3.63, 3.8) is 0 Å². The van der Waals surface area contributed by atoms with Gasteiger partial charge < -0.3 is 49.5 Å². The van der Waals surface area contributed by atoms with Crippen molar-refractivity contribution < 1.29 is 19.2 Å². The number of nitrogens with one attached hydrogen (secondary N) is 5. The quantitative estimate of drug-likeness (QED) is 0.0485. The number of amides is 4. The summed E-state index contributed by atoms with van der Waals surface area (Å²) in [6.07, 6.45) is 4.47. The van der Waals surface area contributed by atoms with Gasteiger partial charge >= 0.3 is 0 Å². The van der Waals surface area contributed by atoms with Gasteiger partial charge in [-0.25, -0.2) is 9.97 Å². The topological polar surface area (TPSA) is 271 Å². The van der Waals surface area contributed by atoms with Crippen molar-refractivity contribution in [2.75, 3.05) is 52.8 Å². The predicted molar refractivity (Wildman–Crippen MR) is 225 cm³/mol. The highest BCUT2D eigenvalue weighted by molar-refractivity contribution is 6.09. The molecule has 304 valence electrons. The largest absolute Gasteiger partial charge is 0.380 e. The molecule has 3 aromatic rings. The van der Waals surface area contributed by atoms with Crippen LogP contribution in [0.5, 0.6) is 0 Å². The Bertz CT molecular complexity index is 1890. The number of aromatic nitrogens is 2. The van der Waals surface area contributed by atoms with Crippen molar-refractivity contribution in [1.29, 1.82) is 0 Å². The number of anilines is 5. The molecule has 0 aliphatic heterocycles. The first-order valence-corrected chi connectivity index (χ1v) is 18.9. The third-order valence-corrected chi connectivity index (χ3v) is 8.88. The number of carbonyl (C=O) groups excluding carboxylic acids is 4. The van der Waals surface area contributed by atoms with Crippen molar-refractivity contribution in [2.24, 2.45) is 27.9 Å². The molecule has 1 aromatic heterocycles. The summed E-state index contributed by atoms with van der Waals surface area (Å²) in [4.78, 5) is 65.7. The number of rotatable bonds is 18. The van der Waals surface area contributed by atoms with E-state index in [0.717, 1.165) is 23.9 Å². The van der Waals surface area contributed by atoms with Crippen LogP contribution in [0.15, 0.2) is 41.7 Å². The summed E-state index contributed by atoms with van der Waals surface area (Å²) in [5.74, 6) is -1.62. The minimum absolute atomic E-state index is 0.0532. The Balaban J connectivity index is 1.97. The van der Waals surface area contributed by atoms with E-state index in [9.17, 15) is 19.2 Å². The van der Waals surface area contributed by atoms with E-state index in [-0.39, 0.29) is 59.5 Å². The third kappa shape index (κ3) is 13.6. The monoisotopic (exact) mass is 772 g/mol. The van der Waals surface area contributed by atoms with Crippen molar-refractivity contribution in [2.45, 2.75) is 97.8 Å². The van der Waals surface area contributed by atoms with E-state index in [1.807, 2.05) is 72.7 Å². The van der Waals surface area contributed by atoms with Gasteiger partial charge in [0.1, 0.15) is 17.7 Å². The van der Waals surface area contributed by atoms with Gasteiger partial charge in [-0.1, -0.05) is 41.5 Å². The van der Waals surface area contributed by atoms with Gasteiger partial charge in [0.05, 0.1) is 23.6 Å². The molecular weight excluding hydrogens is 713 g/mol. The molecule has 16 heteroatoms. The molecule has 0 aliphatic rings. The SMILES string of the molecule is Cc1c(NC(=O)CCCCN)cc(C(C)(C)C)cc1NC(=O)c1cc(C(=O)Nc2cc(C(C)(C)C)cc(NC(=O)CCCCN)c2NCCN=C(N)N)ncn1. The molecule has 0 spiro atoms. The first-order valence-electron chi connectivity index (χ1n) is 18.9. The highest BCUT2D eigenvalue weighted by Gasteiger charge is 2.24. The Morgan fingerprint density at radius 3 is 1.54 bits per heavy atom. The van der Waals surface area contributed by atoms with Crippen molar-refractivity contribution in [3.8, 4) is 0 Å². The van der Waals surface area contributed by atoms with E-state index in [1.54, 1.807) is 0 Å². The molecule has 1 heterocycles. The van der Waals surface area contributed by atoms with Crippen LogP contribution in [0.2, 0.25) is 0 Å². The second-order valence-corrected chi connectivity index (χ2v) is 15.7. The normalized spacial score (nSPS) is 11.4. The summed E-state index contributed by atoms with van der Waals surface area (Å²) in [5.41, 5.74) is 26.2. The second-order valence-electron chi connectivity index (χ2n) is 15.7. The van der Waals surface area contributed by atoms with Crippen LogP contribution in [0.3, 0.4) is 0 Å². The van der Waals surface area contributed by atoms with Gasteiger partial charge in [0, 0.05) is 36.8 Å². The Labute approximate surface area is 329 Å². The molecule has 56 heavy (non-hydrogen) atoms. The molecule has 16 nitrogen and oxygen atoms in total. The van der Waals surface area contributed by atoms with E-state index in [2.05, 4.69) is 41.5 Å². The van der Waals surface area contributed by atoms with Crippen LogP contribution in [0.25, 0.3) is 0 Å². The Kier molecular flexibility index (Phi) is 16.3. The van der Waals surface area contributed by atoms with E-state index < -0.39 is 11.8 Å². The van der Waals surface area contributed by atoms with Crippen LogP contribution in [-0.4, -0.2) is 65.7 Å². The van der Waals surface area contributed by atoms with E-state index >= 15 is 0 Å². The van der Waals surface area contributed by atoms with Gasteiger partial charge in [0.25, 0.3) is 11.8 Å². The highest BCUT2D eigenvalue weighted by atomic mass is 16.2. The molecule has 4 amide bonds. The van der Waals surface area contributed by atoms with Gasteiger partial charge in [-0.2, -0.15) is 0 Å². The molecular formula is C40H60N12O4. The zero-order chi connectivity index (χ0) is 41.6. The first kappa shape index (κ1) is 44.8. The zero-order valence-corrected chi connectivity index (χ0v) is 33.8. The highest BCUT2D eigenvalue weighted by Crippen LogP contribution is 2.38. The number of nitrogens with zero attached hydrogens (tertiary/aromatic N) is 3. The van der Waals surface area contributed by atoms with Gasteiger partial charge in [-0.05, 0) is 97.5 Å². The number of hydrogen-bond acceptors (Lipinski definition) is 10. The van der Waals surface area contributed by atoms with Gasteiger partial charge in [-0.3, -0.25) is 24.2 Å². The number of nitrogens with two attached hydrogens (primary N) is 4. The van der Waals surface area contributed by atoms with Crippen molar-refractivity contribution in [3.05, 3.63) is 64.7 Å². The lowest BCUT2D eigenvalue weighted by Crippen LogP contribution is -2.24. The standard InChI is InChI=1S/C40H60N12O4/c1-24-27(49-33(53)12-8-10-14-41)18-25(39(2,3)4)19-28(24)51-36(55)31-22-32(48-23-47-31)37(56)52-30-21-26(40(5,6)7)20-29(50-34(54)13-9-11-15-42)35(30)45-16-17-46-38(43)44/h18-23,45H,8-17,41-42H2,1-7H3,(H,49,53)(H,50,54)(H,51,55)(H,52,56)(H4,43,44,46). The fourth-order valence-electron chi connectivity index (χ4n) is 5.50. The number of carbonyl (C=O) groups is 4. The lowest BCUT2D eigenvalue weighted by molar-refractivity contribution is -0.117. The smallest absolute Gasteiger partial charge is 0.274 e. The molecule has 0 radical (unpaired) electrons. The molecule has 0 bridgehead atoms. The van der Waals surface area contributed by atoms with Crippen molar-refractivity contribution >= 4 is 58.0 Å². The minimum atomic E-state index is -0.620. The van der Waals surface area contributed by atoms with E-state index in [0.29, 0.717) is 72.8 Å². The maximum Gasteiger partial charge on any atom is 0.274 e. The number of guanidine groups is 1. The van der Waals surface area contributed by atoms with Crippen LogP contribution < -0.4 is 49.5 Å². The molecule has 2 aromatic carbocycles. The summed E-state index contributed by atoms with van der Waals surface area (Å²) >= 11 is 0. The summed E-state index contributed by atoms with van der Waals surface area (Å²) in [5, 5.41) is 15.1. The molecule has 13 N–H and O–H groups in total. The van der Waals surface area contributed by atoms with E-state index in [1.165, 1.54) is 6.07 Å². The predicted octanol–water partition coefficient (Wildman–Crippen LogP) is 4.70. The zero-order valence-electron chi connectivity index (χ0n) is 33.8. The average molecular weight is 773 g/mol. The minimum Gasteiger partial charge on any atom is -0.380 e. The van der Waals surface area contributed by atoms with Gasteiger partial charge in [0.15, 0.2) is 5.96 Å². The summed E-state index contributed by atoms with van der Waals surface area (Å²) in [6.45, 7) is 15.5. The molecule has 0 unspecified atom stereocenters.